The van der Waals surface area contributed by atoms with Crippen LogP contribution in [0.15, 0.2) is 84.9 Å². The van der Waals surface area contributed by atoms with E-state index in [9.17, 15) is 15.2 Å². The molecular weight excluding hydrogens is 382 g/mol. The third-order valence-electron chi connectivity index (χ3n) is 4.63. The van der Waals surface area contributed by atoms with E-state index in [1.807, 2.05) is 60.7 Å². The van der Waals surface area contributed by atoms with Gasteiger partial charge >= 0.3 is 0 Å². The standard InChI is InChI=1S/C23H19N3O4/c27-16-20-14-23(24-25(20)15-17-6-10-19(11-7-17)26(28)29)18-8-12-22(13-9-18)30-21-4-2-1-3-5-21/h1-14,27H,15-16H2. The SMILES string of the molecule is O=[N+]([O-])c1ccc(Cn2nc(-c3ccc(Oc4ccccc4)cc3)cc2CO)cc1. The van der Waals surface area contributed by atoms with Crippen molar-refractivity contribution in [3.8, 4) is 22.8 Å². The van der Waals surface area contributed by atoms with Crippen LogP contribution >= 0.6 is 0 Å². The number of hydrogen-bond donors (Lipinski definition) is 1. The van der Waals surface area contributed by atoms with Crippen LogP contribution in [0, 0.1) is 10.1 Å². The molecule has 0 aliphatic carbocycles. The van der Waals surface area contributed by atoms with Gasteiger partial charge in [-0.05, 0) is 48.0 Å². The maximum atomic E-state index is 10.8. The molecule has 150 valence electrons. The molecule has 7 heteroatoms. The summed E-state index contributed by atoms with van der Waals surface area (Å²) >= 11 is 0. The highest BCUT2D eigenvalue weighted by Crippen LogP contribution is 2.26. The van der Waals surface area contributed by atoms with E-state index in [2.05, 4.69) is 5.10 Å². The summed E-state index contributed by atoms with van der Waals surface area (Å²) in [6.07, 6.45) is 0. The number of para-hydroxylation sites is 1. The van der Waals surface area contributed by atoms with Gasteiger partial charge in [-0.15, -0.1) is 0 Å². The van der Waals surface area contributed by atoms with Crippen LogP contribution in [-0.4, -0.2) is 19.8 Å². The average molecular weight is 401 g/mol. The van der Waals surface area contributed by atoms with Crippen LogP contribution in [0.3, 0.4) is 0 Å². The number of benzene rings is 3. The maximum Gasteiger partial charge on any atom is 0.269 e. The molecule has 1 aromatic heterocycles. The second-order valence-electron chi connectivity index (χ2n) is 6.70. The summed E-state index contributed by atoms with van der Waals surface area (Å²) in [4.78, 5) is 10.4. The van der Waals surface area contributed by atoms with Gasteiger partial charge in [0.15, 0.2) is 0 Å². The van der Waals surface area contributed by atoms with Gasteiger partial charge in [0, 0.05) is 17.7 Å². The Morgan fingerprint density at radius 3 is 2.23 bits per heavy atom. The fourth-order valence-electron chi connectivity index (χ4n) is 3.08. The Morgan fingerprint density at radius 1 is 0.933 bits per heavy atom. The van der Waals surface area contributed by atoms with Gasteiger partial charge < -0.3 is 9.84 Å². The predicted octanol–water partition coefficient (Wildman–Crippen LogP) is 4.79. The van der Waals surface area contributed by atoms with Crippen molar-refractivity contribution in [3.05, 3.63) is 106 Å². The van der Waals surface area contributed by atoms with Gasteiger partial charge in [0.25, 0.3) is 5.69 Å². The molecule has 0 unspecified atom stereocenters. The molecule has 0 spiro atoms. The van der Waals surface area contributed by atoms with Gasteiger partial charge in [-0.25, -0.2) is 0 Å². The molecule has 4 rings (SSSR count). The van der Waals surface area contributed by atoms with Gasteiger partial charge in [0.05, 0.1) is 29.5 Å². The summed E-state index contributed by atoms with van der Waals surface area (Å²) in [7, 11) is 0. The topological polar surface area (TPSA) is 90.4 Å². The third kappa shape index (κ3) is 4.37. The molecule has 0 fully saturated rings. The largest absolute Gasteiger partial charge is 0.457 e. The number of nitro groups is 1. The molecule has 0 saturated heterocycles. The monoisotopic (exact) mass is 401 g/mol. The van der Waals surface area contributed by atoms with Crippen molar-refractivity contribution in [2.24, 2.45) is 0 Å². The van der Waals surface area contributed by atoms with E-state index in [-0.39, 0.29) is 12.3 Å². The minimum atomic E-state index is -0.430. The molecule has 1 heterocycles. The van der Waals surface area contributed by atoms with Crippen LogP contribution < -0.4 is 4.74 Å². The number of aliphatic hydroxyl groups is 1. The Hall–Kier alpha value is -3.97. The Balaban J connectivity index is 1.52. The number of nitrogens with zero attached hydrogens (tertiary/aromatic N) is 3. The fourth-order valence-corrected chi connectivity index (χ4v) is 3.08. The van der Waals surface area contributed by atoms with E-state index in [1.54, 1.807) is 16.8 Å². The van der Waals surface area contributed by atoms with E-state index >= 15 is 0 Å². The minimum absolute atomic E-state index is 0.0418. The molecule has 7 nitrogen and oxygen atoms in total. The van der Waals surface area contributed by atoms with E-state index in [0.717, 1.165) is 28.3 Å². The number of aromatic nitrogens is 2. The zero-order valence-electron chi connectivity index (χ0n) is 16.0. The van der Waals surface area contributed by atoms with Crippen molar-refractivity contribution in [2.75, 3.05) is 0 Å². The molecule has 0 aliphatic rings. The molecule has 4 aromatic rings. The highest BCUT2D eigenvalue weighted by Gasteiger charge is 2.11. The predicted molar refractivity (Wildman–Crippen MR) is 112 cm³/mol. The van der Waals surface area contributed by atoms with Gasteiger partial charge in [-0.2, -0.15) is 5.10 Å². The smallest absolute Gasteiger partial charge is 0.269 e. The van der Waals surface area contributed by atoms with Crippen molar-refractivity contribution in [3.63, 3.8) is 0 Å². The van der Waals surface area contributed by atoms with Crippen molar-refractivity contribution >= 4 is 5.69 Å². The van der Waals surface area contributed by atoms with Crippen molar-refractivity contribution < 1.29 is 14.8 Å². The Morgan fingerprint density at radius 2 is 1.60 bits per heavy atom. The Kier molecular flexibility index (Phi) is 5.54. The van der Waals surface area contributed by atoms with E-state index in [1.165, 1.54) is 12.1 Å². The molecule has 0 amide bonds. The van der Waals surface area contributed by atoms with Crippen LogP contribution in [0.1, 0.15) is 11.3 Å². The second kappa shape index (κ2) is 8.59. The lowest BCUT2D eigenvalue weighted by Gasteiger charge is -2.06. The second-order valence-corrected chi connectivity index (χ2v) is 6.70. The van der Waals surface area contributed by atoms with Gasteiger partial charge in [0.1, 0.15) is 11.5 Å². The molecule has 30 heavy (non-hydrogen) atoms. The summed E-state index contributed by atoms with van der Waals surface area (Å²) in [5.74, 6) is 1.48. The first-order valence-corrected chi connectivity index (χ1v) is 9.36. The molecule has 0 aliphatic heterocycles. The molecule has 3 aromatic carbocycles. The van der Waals surface area contributed by atoms with Gasteiger partial charge in [-0.3, -0.25) is 14.8 Å². The first kappa shape index (κ1) is 19.4. The number of nitro benzene ring substituents is 1. The highest BCUT2D eigenvalue weighted by molar-refractivity contribution is 5.60. The summed E-state index contributed by atoms with van der Waals surface area (Å²) in [6.45, 7) is 0.248. The zero-order valence-corrected chi connectivity index (χ0v) is 16.0. The molecule has 0 bridgehead atoms. The number of rotatable bonds is 7. The molecule has 1 N–H and O–H groups in total. The van der Waals surface area contributed by atoms with Crippen LogP contribution in [0.25, 0.3) is 11.3 Å². The maximum absolute atomic E-state index is 10.8. The summed E-state index contributed by atoms with van der Waals surface area (Å²) < 4.78 is 7.51. The van der Waals surface area contributed by atoms with Gasteiger partial charge in [0.2, 0.25) is 0 Å². The zero-order chi connectivity index (χ0) is 20.9. The summed E-state index contributed by atoms with van der Waals surface area (Å²) in [5, 5.41) is 25.1. The van der Waals surface area contributed by atoms with E-state index in [4.69, 9.17) is 4.74 Å². The molecule has 0 radical (unpaired) electrons. The summed E-state index contributed by atoms with van der Waals surface area (Å²) in [6, 6.07) is 25.3. The van der Waals surface area contributed by atoms with Crippen molar-refractivity contribution in [1.82, 2.24) is 9.78 Å². The van der Waals surface area contributed by atoms with E-state index in [0.29, 0.717) is 12.2 Å². The van der Waals surface area contributed by atoms with Crippen molar-refractivity contribution in [1.29, 1.82) is 0 Å². The summed E-state index contributed by atoms with van der Waals surface area (Å²) in [5.41, 5.74) is 3.18. The fraction of sp³-hybridized carbons (Fsp3) is 0.0870. The first-order valence-electron chi connectivity index (χ1n) is 9.36. The Labute approximate surface area is 173 Å². The normalized spacial score (nSPS) is 10.7. The quantitative estimate of drug-likeness (QED) is 0.355. The first-order chi connectivity index (χ1) is 14.6. The molecular formula is C23H19N3O4. The van der Waals surface area contributed by atoms with Crippen LogP contribution in [0.2, 0.25) is 0 Å². The number of non-ortho nitro benzene ring substituents is 1. The highest BCUT2D eigenvalue weighted by atomic mass is 16.6. The van der Waals surface area contributed by atoms with Crippen LogP contribution in [-0.2, 0) is 13.2 Å². The lowest BCUT2D eigenvalue weighted by molar-refractivity contribution is -0.384. The van der Waals surface area contributed by atoms with Crippen molar-refractivity contribution in [2.45, 2.75) is 13.2 Å². The lowest BCUT2D eigenvalue weighted by Crippen LogP contribution is -2.06. The lowest BCUT2D eigenvalue weighted by atomic mass is 10.1. The number of ether oxygens (including phenoxy) is 1. The van der Waals surface area contributed by atoms with Gasteiger partial charge in [-0.1, -0.05) is 30.3 Å². The Bertz CT molecular complexity index is 1140. The number of hydrogen-bond acceptors (Lipinski definition) is 5. The number of aliphatic hydroxyl groups excluding tert-OH is 1. The average Bonchev–Trinajstić information content (AvgIpc) is 3.18. The minimum Gasteiger partial charge on any atom is -0.457 e. The molecule has 0 atom stereocenters. The van der Waals surface area contributed by atoms with E-state index < -0.39 is 4.92 Å². The third-order valence-corrected chi connectivity index (χ3v) is 4.63. The van der Waals surface area contributed by atoms with Crippen LogP contribution in [0.4, 0.5) is 5.69 Å². The van der Waals surface area contributed by atoms with Crippen LogP contribution in [0.5, 0.6) is 11.5 Å². The molecule has 0 saturated carbocycles.